The third kappa shape index (κ3) is 2.82. The van der Waals surface area contributed by atoms with Crippen LogP contribution in [0.3, 0.4) is 0 Å². The highest BCUT2D eigenvalue weighted by Crippen LogP contribution is 2.31. The zero-order valence-corrected chi connectivity index (χ0v) is 10.9. The molecule has 0 aliphatic heterocycles. The van der Waals surface area contributed by atoms with Crippen LogP contribution in [0.25, 0.3) is 10.8 Å². The van der Waals surface area contributed by atoms with Crippen LogP contribution in [0.15, 0.2) is 30.6 Å². The van der Waals surface area contributed by atoms with Crippen LogP contribution in [-0.2, 0) is 4.79 Å². The van der Waals surface area contributed by atoms with Gasteiger partial charge in [-0.25, -0.2) is 0 Å². The molecule has 3 N–H and O–H groups in total. The van der Waals surface area contributed by atoms with Crippen LogP contribution in [0, 0.1) is 10.1 Å². The van der Waals surface area contributed by atoms with Gasteiger partial charge < -0.3 is 11.1 Å². The lowest BCUT2D eigenvalue weighted by molar-refractivity contribution is -0.383. The molecule has 1 unspecified atom stereocenters. The lowest BCUT2D eigenvalue weighted by atomic mass is 10.1. The molecular formula is C13H14N4O3. The number of aromatic nitrogens is 1. The van der Waals surface area contributed by atoms with Gasteiger partial charge in [0.15, 0.2) is 0 Å². The molecule has 1 atom stereocenters. The predicted octanol–water partition coefficient (Wildman–Crippen LogP) is 1.82. The number of nitro benzene ring substituents is 1. The van der Waals surface area contributed by atoms with Crippen molar-refractivity contribution in [3.63, 3.8) is 0 Å². The minimum Gasteiger partial charge on any atom is -0.382 e. The van der Waals surface area contributed by atoms with E-state index in [1.165, 1.54) is 12.3 Å². The molecule has 1 heterocycles. The van der Waals surface area contributed by atoms with E-state index in [0.29, 0.717) is 16.5 Å². The molecule has 20 heavy (non-hydrogen) atoms. The number of nitro groups is 1. The van der Waals surface area contributed by atoms with Gasteiger partial charge >= 0.3 is 0 Å². The predicted molar refractivity (Wildman–Crippen MR) is 75.3 cm³/mol. The van der Waals surface area contributed by atoms with Crippen LogP contribution in [0.5, 0.6) is 0 Å². The first-order chi connectivity index (χ1) is 9.49. The Labute approximate surface area is 114 Å². The number of nitrogens with zero attached hydrogens (tertiary/aromatic N) is 2. The first-order valence-corrected chi connectivity index (χ1v) is 6.05. The third-order valence-corrected chi connectivity index (χ3v) is 2.90. The summed E-state index contributed by atoms with van der Waals surface area (Å²) in [6.45, 7) is 1.81. The van der Waals surface area contributed by atoms with Gasteiger partial charge in [-0.15, -0.1) is 0 Å². The maximum absolute atomic E-state index is 11.0. The number of carbonyl (C=O) groups excluding carboxylic acids is 1. The van der Waals surface area contributed by atoms with Crippen molar-refractivity contribution in [2.45, 2.75) is 19.4 Å². The Hall–Kier alpha value is -2.70. The van der Waals surface area contributed by atoms with Crippen molar-refractivity contribution < 1.29 is 9.72 Å². The average Bonchev–Trinajstić information content (AvgIpc) is 2.37. The molecule has 7 nitrogen and oxygen atoms in total. The molecule has 1 aromatic carbocycles. The van der Waals surface area contributed by atoms with Gasteiger partial charge in [0, 0.05) is 42.0 Å². The van der Waals surface area contributed by atoms with Gasteiger partial charge in [-0.1, -0.05) is 0 Å². The van der Waals surface area contributed by atoms with Crippen molar-refractivity contribution in [2.24, 2.45) is 5.73 Å². The number of anilines is 1. The molecule has 104 valence electrons. The SMILES string of the molecule is CC(CC(N)=O)Nc1ccc([N+](=O)[O-])c2ccncc12. The summed E-state index contributed by atoms with van der Waals surface area (Å²) in [5.74, 6) is -0.408. The second kappa shape index (κ2) is 5.52. The molecule has 0 spiro atoms. The smallest absolute Gasteiger partial charge is 0.277 e. The lowest BCUT2D eigenvalue weighted by Gasteiger charge is -2.15. The largest absolute Gasteiger partial charge is 0.382 e. The van der Waals surface area contributed by atoms with E-state index >= 15 is 0 Å². The Kier molecular flexibility index (Phi) is 3.79. The van der Waals surface area contributed by atoms with E-state index < -0.39 is 10.8 Å². The number of carbonyl (C=O) groups is 1. The van der Waals surface area contributed by atoms with Crippen LogP contribution in [-0.4, -0.2) is 21.9 Å². The summed E-state index contributed by atoms with van der Waals surface area (Å²) in [5.41, 5.74) is 5.85. The molecule has 2 rings (SSSR count). The van der Waals surface area contributed by atoms with E-state index in [0.717, 1.165) is 0 Å². The first kappa shape index (κ1) is 13.7. The fourth-order valence-corrected chi connectivity index (χ4v) is 2.08. The molecule has 7 heteroatoms. The number of hydrogen-bond donors (Lipinski definition) is 2. The average molecular weight is 274 g/mol. The molecule has 2 aromatic rings. The van der Waals surface area contributed by atoms with Crippen molar-refractivity contribution in [2.75, 3.05) is 5.32 Å². The molecule has 0 fully saturated rings. The molecule has 1 amide bonds. The van der Waals surface area contributed by atoms with Gasteiger partial charge in [0.05, 0.1) is 10.3 Å². The summed E-state index contributed by atoms with van der Waals surface area (Å²) in [5, 5.41) is 15.3. The third-order valence-electron chi connectivity index (χ3n) is 2.90. The zero-order chi connectivity index (χ0) is 14.7. The summed E-state index contributed by atoms with van der Waals surface area (Å²) in [7, 11) is 0. The maximum atomic E-state index is 11.0. The highest BCUT2D eigenvalue weighted by molar-refractivity contribution is 5.99. The number of hydrogen-bond acceptors (Lipinski definition) is 5. The number of pyridine rings is 1. The van der Waals surface area contributed by atoms with Crippen LogP contribution in [0.4, 0.5) is 11.4 Å². The Morgan fingerprint density at radius 3 is 2.85 bits per heavy atom. The highest BCUT2D eigenvalue weighted by Gasteiger charge is 2.15. The molecule has 0 bridgehead atoms. The highest BCUT2D eigenvalue weighted by atomic mass is 16.6. The van der Waals surface area contributed by atoms with E-state index in [4.69, 9.17) is 5.73 Å². The van der Waals surface area contributed by atoms with E-state index in [2.05, 4.69) is 10.3 Å². The van der Waals surface area contributed by atoms with Crippen molar-refractivity contribution in [1.82, 2.24) is 4.98 Å². The second-order valence-corrected chi connectivity index (χ2v) is 4.53. The minimum atomic E-state index is -0.432. The van der Waals surface area contributed by atoms with E-state index in [1.807, 2.05) is 6.92 Å². The lowest BCUT2D eigenvalue weighted by Crippen LogP contribution is -2.24. The first-order valence-electron chi connectivity index (χ1n) is 6.05. The Morgan fingerprint density at radius 1 is 1.45 bits per heavy atom. The summed E-state index contributed by atoms with van der Waals surface area (Å²) in [6.07, 6.45) is 3.24. The van der Waals surface area contributed by atoms with E-state index in [-0.39, 0.29) is 18.2 Å². The zero-order valence-electron chi connectivity index (χ0n) is 10.9. The van der Waals surface area contributed by atoms with Gasteiger partial charge in [-0.3, -0.25) is 19.9 Å². The molecule has 0 saturated heterocycles. The summed E-state index contributed by atoms with van der Waals surface area (Å²) < 4.78 is 0. The molecular weight excluding hydrogens is 260 g/mol. The number of nitrogens with two attached hydrogens (primary N) is 1. The second-order valence-electron chi connectivity index (χ2n) is 4.53. The topological polar surface area (TPSA) is 111 Å². The number of benzene rings is 1. The van der Waals surface area contributed by atoms with E-state index in [9.17, 15) is 14.9 Å². The van der Waals surface area contributed by atoms with Crippen LogP contribution in [0.2, 0.25) is 0 Å². The molecule has 1 aromatic heterocycles. The van der Waals surface area contributed by atoms with Crippen molar-refractivity contribution >= 4 is 28.1 Å². The molecule has 0 aliphatic carbocycles. The number of rotatable bonds is 5. The number of fused-ring (bicyclic) bond motifs is 1. The Bertz CT molecular complexity index is 672. The Morgan fingerprint density at radius 2 is 2.20 bits per heavy atom. The molecule has 0 saturated carbocycles. The van der Waals surface area contributed by atoms with Gasteiger partial charge in [0.25, 0.3) is 5.69 Å². The quantitative estimate of drug-likeness (QED) is 0.638. The van der Waals surface area contributed by atoms with Crippen molar-refractivity contribution in [3.05, 3.63) is 40.7 Å². The normalized spacial score (nSPS) is 12.1. The number of amides is 1. The van der Waals surface area contributed by atoms with Crippen molar-refractivity contribution in [1.29, 1.82) is 0 Å². The van der Waals surface area contributed by atoms with Crippen molar-refractivity contribution in [3.8, 4) is 0 Å². The van der Waals surface area contributed by atoms with Gasteiger partial charge in [0.1, 0.15) is 0 Å². The monoisotopic (exact) mass is 274 g/mol. The summed E-state index contributed by atoms with van der Waals surface area (Å²) in [6, 6.07) is 4.47. The fourth-order valence-electron chi connectivity index (χ4n) is 2.08. The van der Waals surface area contributed by atoms with Gasteiger partial charge in [0.2, 0.25) is 5.91 Å². The van der Waals surface area contributed by atoms with Crippen LogP contribution in [0.1, 0.15) is 13.3 Å². The summed E-state index contributed by atoms with van der Waals surface area (Å²) in [4.78, 5) is 25.4. The standard InChI is InChI=1S/C13H14N4O3/c1-8(6-13(14)18)16-11-2-3-12(17(19)20)9-4-5-15-7-10(9)11/h2-5,7-8,16H,6H2,1H3,(H2,14,18). The number of non-ortho nitro benzene ring substituents is 1. The minimum absolute atomic E-state index is 0.0236. The molecule has 0 radical (unpaired) electrons. The Balaban J connectivity index is 2.43. The molecule has 0 aliphatic rings. The van der Waals surface area contributed by atoms with Crippen LogP contribution >= 0.6 is 0 Å². The van der Waals surface area contributed by atoms with Gasteiger partial charge in [-0.2, -0.15) is 0 Å². The van der Waals surface area contributed by atoms with E-state index in [1.54, 1.807) is 18.3 Å². The maximum Gasteiger partial charge on any atom is 0.277 e. The van der Waals surface area contributed by atoms with Crippen LogP contribution < -0.4 is 11.1 Å². The number of nitrogens with one attached hydrogen (secondary N) is 1. The number of primary amides is 1. The van der Waals surface area contributed by atoms with Gasteiger partial charge in [-0.05, 0) is 19.1 Å². The summed E-state index contributed by atoms with van der Waals surface area (Å²) >= 11 is 0. The fraction of sp³-hybridized carbons (Fsp3) is 0.231.